The lowest BCUT2D eigenvalue weighted by Crippen LogP contribution is -2.37. The molecule has 0 aliphatic heterocycles. The van der Waals surface area contributed by atoms with E-state index in [1.807, 2.05) is 13.0 Å². The number of nitrogens with two attached hydrogens (primary N) is 2. The molecular formula is C10H17ClN4O. The van der Waals surface area contributed by atoms with Crippen molar-refractivity contribution in [3.05, 3.63) is 23.4 Å². The van der Waals surface area contributed by atoms with Crippen LogP contribution in [0.15, 0.2) is 12.1 Å². The van der Waals surface area contributed by atoms with Crippen LogP contribution in [0.2, 0.25) is 0 Å². The van der Waals surface area contributed by atoms with Gasteiger partial charge >= 0.3 is 0 Å². The molecule has 1 aromatic rings. The van der Waals surface area contributed by atoms with Crippen molar-refractivity contribution in [2.24, 2.45) is 5.73 Å². The van der Waals surface area contributed by atoms with Gasteiger partial charge in [-0.2, -0.15) is 0 Å². The lowest BCUT2D eigenvalue weighted by molar-refractivity contribution is -0.122. The van der Waals surface area contributed by atoms with Crippen molar-refractivity contribution in [2.75, 3.05) is 5.73 Å². The van der Waals surface area contributed by atoms with E-state index in [0.29, 0.717) is 12.4 Å². The Morgan fingerprint density at radius 3 is 2.69 bits per heavy atom. The first-order valence-corrected chi connectivity index (χ1v) is 4.76. The number of hydrogen-bond acceptors (Lipinski definition) is 4. The number of nitrogen functional groups attached to an aromatic ring is 1. The standard InChI is InChI=1S/C10H16N4O.ClH/c1-6(11)10(15)13-5-8-3-4-9(12)14-7(8)2;/h3-4,6H,5,11H2,1-2H3,(H2,12,14)(H,13,15);1H. The van der Waals surface area contributed by atoms with Crippen molar-refractivity contribution in [3.63, 3.8) is 0 Å². The van der Waals surface area contributed by atoms with Gasteiger partial charge in [-0.15, -0.1) is 12.4 Å². The van der Waals surface area contributed by atoms with E-state index in [2.05, 4.69) is 10.3 Å². The van der Waals surface area contributed by atoms with Crippen LogP contribution in [0, 0.1) is 6.92 Å². The van der Waals surface area contributed by atoms with Crippen LogP contribution in [0.5, 0.6) is 0 Å². The molecule has 0 aromatic carbocycles. The summed E-state index contributed by atoms with van der Waals surface area (Å²) in [5, 5.41) is 2.71. The molecule has 1 aromatic heterocycles. The van der Waals surface area contributed by atoms with E-state index in [0.717, 1.165) is 11.3 Å². The average Bonchev–Trinajstić information content (AvgIpc) is 2.15. The number of nitrogens with one attached hydrogen (secondary N) is 1. The Hall–Kier alpha value is -1.33. The molecule has 0 aliphatic rings. The topological polar surface area (TPSA) is 94.0 Å². The van der Waals surface area contributed by atoms with Crippen molar-refractivity contribution in [3.8, 4) is 0 Å². The molecule has 0 saturated carbocycles. The zero-order chi connectivity index (χ0) is 11.4. The molecule has 90 valence electrons. The molecule has 6 heteroatoms. The van der Waals surface area contributed by atoms with Gasteiger partial charge in [0.2, 0.25) is 5.91 Å². The third kappa shape index (κ3) is 4.04. The lowest BCUT2D eigenvalue weighted by atomic mass is 10.2. The van der Waals surface area contributed by atoms with Crippen LogP contribution in [0.25, 0.3) is 0 Å². The SMILES string of the molecule is Cc1nc(N)ccc1CNC(=O)C(C)N.Cl. The predicted octanol–water partition coefficient (Wildman–Crippen LogP) is 0.357. The molecule has 1 amide bonds. The van der Waals surface area contributed by atoms with Crippen LogP contribution >= 0.6 is 12.4 Å². The summed E-state index contributed by atoms with van der Waals surface area (Å²) in [5.41, 5.74) is 12.7. The normalized spacial score (nSPS) is 11.4. The molecular weight excluding hydrogens is 228 g/mol. The van der Waals surface area contributed by atoms with E-state index in [9.17, 15) is 4.79 Å². The molecule has 0 aliphatic carbocycles. The maximum atomic E-state index is 11.2. The highest BCUT2D eigenvalue weighted by molar-refractivity contribution is 5.85. The van der Waals surface area contributed by atoms with Crippen molar-refractivity contribution in [1.82, 2.24) is 10.3 Å². The van der Waals surface area contributed by atoms with E-state index in [1.54, 1.807) is 13.0 Å². The second kappa shape index (κ2) is 6.30. The average molecular weight is 245 g/mol. The van der Waals surface area contributed by atoms with Crippen molar-refractivity contribution in [2.45, 2.75) is 26.4 Å². The molecule has 0 spiro atoms. The highest BCUT2D eigenvalue weighted by Crippen LogP contribution is 2.07. The van der Waals surface area contributed by atoms with E-state index < -0.39 is 6.04 Å². The first-order valence-electron chi connectivity index (χ1n) is 4.76. The number of pyridine rings is 1. The van der Waals surface area contributed by atoms with Gasteiger partial charge in [-0.3, -0.25) is 4.79 Å². The molecule has 5 N–H and O–H groups in total. The zero-order valence-corrected chi connectivity index (χ0v) is 10.2. The summed E-state index contributed by atoms with van der Waals surface area (Å²) in [4.78, 5) is 15.3. The molecule has 0 radical (unpaired) electrons. The van der Waals surface area contributed by atoms with Gasteiger partial charge < -0.3 is 16.8 Å². The summed E-state index contributed by atoms with van der Waals surface area (Å²) in [5.74, 6) is 0.306. The zero-order valence-electron chi connectivity index (χ0n) is 9.36. The summed E-state index contributed by atoms with van der Waals surface area (Å²) < 4.78 is 0. The largest absolute Gasteiger partial charge is 0.384 e. The number of carbonyl (C=O) groups excluding carboxylic acids is 1. The fourth-order valence-electron chi connectivity index (χ4n) is 1.14. The second-order valence-corrected chi connectivity index (χ2v) is 3.49. The molecule has 1 rings (SSSR count). The molecule has 1 heterocycles. The fraction of sp³-hybridized carbons (Fsp3) is 0.400. The Bertz CT molecular complexity index is 368. The third-order valence-electron chi connectivity index (χ3n) is 2.08. The van der Waals surface area contributed by atoms with Crippen LogP contribution in [-0.2, 0) is 11.3 Å². The summed E-state index contributed by atoms with van der Waals surface area (Å²) in [6.45, 7) is 3.92. The van der Waals surface area contributed by atoms with Crippen LogP contribution < -0.4 is 16.8 Å². The number of rotatable bonds is 3. The second-order valence-electron chi connectivity index (χ2n) is 3.49. The summed E-state index contributed by atoms with van der Waals surface area (Å²) >= 11 is 0. The van der Waals surface area contributed by atoms with Gasteiger partial charge in [-0.25, -0.2) is 4.98 Å². The van der Waals surface area contributed by atoms with E-state index in [4.69, 9.17) is 11.5 Å². The minimum Gasteiger partial charge on any atom is -0.384 e. The quantitative estimate of drug-likeness (QED) is 0.716. The minimum absolute atomic E-state index is 0. The Morgan fingerprint density at radius 2 is 2.19 bits per heavy atom. The summed E-state index contributed by atoms with van der Waals surface area (Å²) in [6, 6.07) is 3.06. The fourth-order valence-corrected chi connectivity index (χ4v) is 1.14. The van der Waals surface area contributed by atoms with Crippen molar-refractivity contribution < 1.29 is 4.79 Å². The lowest BCUT2D eigenvalue weighted by Gasteiger charge is -2.09. The van der Waals surface area contributed by atoms with E-state index in [1.165, 1.54) is 0 Å². The van der Waals surface area contributed by atoms with Crippen LogP contribution in [-0.4, -0.2) is 16.9 Å². The monoisotopic (exact) mass is 244 g/mol. The Morgan fingerprint density at radius 1 is 1.56 bits per heavy atom. The van der Waals surface area contributed by atoms with Gasteiger partial charge in [-0.05, 0) is 25.5 Å². The van der Waals surface area contributed by atoms with Crippen molar-refractivity contribution in [1.29, 1.82) is 0 Å². The van der Waals surface area contributed by atoms with Gasteiger partial charge in [0, 0.05) is 12.2 Å². The smallest absolute Gasteiger partial charge is 0.236 e. The van der Waals surface area contributed by atoms with Crippen LogP contribution in [0.4, 0.5) is 5.82 Å². The number of aryl methyl sites for hydroxylation is 1. The number of amides is 1. The molecule has 0 bridgehead atoms. The Balaban J connectivity index is 0.00000225. The molecule has 0 saturated heterocycles. The Kier molecular flexibility index (Phi) is 5.77. The number of anilines is 1. The maximum absolute atomic E-state index is 11.2. The third-order valence-corrected chi connectivity index (χ3v) is 2.08. The van der Waals surface area contributed by atoms with E-state index >= 15 is 0 Å². The van der Waals surface area contributed by atoms with Crippen molar-refractivity contribution >= 4 is 24.1 Å². The molecule has 0 fully saturated rings. The van der Waals surface area contributed by atoms with Gasteiger partial charge in [0.1, 0.15) is 5.82 Å². The number of halogens is 1. The molecule has 16 heavy (non-hydrogen) atoms. The first-order chi connectivity index (χ1) is 7.00. The predicted molar refractivity (Wildman–Crippen MR) is 66.1 cm³/mol. The highest BCUT2D eigenvalue weighted by Gasteiger charge is 2.07. The molecule has 5 nitrogen and oxygen atoms in total. The molecule has 1 atom stereocenters. The van der Waals surface area contributed by atoms with Gasteiger partial charge in [0.15, 0.2) is 0 Å². The number of hydrogen-bond donors (Lipinski definition) is 3. The van der Waals surface area contributed by atoms with Gasteiger partial charge in [-0.1, -0.05) is 6.07 Å². The van der Waals surface area contributed by atoms with Gasteiger partial charge in [0.05, 0.1) is 6.04 Å². The number of nitrogens with zero attached hydrogens (tertiary/aromatic N) is 1. The molecule has 1 unspecified atom stereocenters. The van der Waals surface area contributed by atoms with Crippen LogP contribution in [0.1, 0.15) is 18.2 Å². The maximum Gasteiger partial charge on any atom is 0.236 e. The van der Waals surface area contributed by atoms with E-state index in [-0.39, 0.29) is 18.3 Å². The number of carbonyl (C=O) groups is 1. The van der Waals surface area contributed by atoms with Gasteiger partial charge in [0.25, 0.3) is 0 Å². The summed E-state index contributed by atoms with van der Waals surface area (Å²) in [6.07, 6.45) is 0. The minimum atomic E-state index is -0.493. The first kappa shape index (κ1) is 14.7. The Labute approximate surface area is 101 Å². The van der Waals surface area contributed by atoms with Crippen LogP contribution in [0.3, 0.4) is 0 Å². The summed E-state index contributed by atoms with van der Waals surface area (Å²) in [7, 11) is 0. The highest BCUT2D eigenvalue weighted by atomic mass is 35.5. The number of aromatic nitrogens is 1.